The van der Waals surface area contributed by atoms with Gasteiger partial charge in [0, 0.05) is 43.2 Å². The van der Waals surface area contributed by atoms with Crippen LogP contribution in [0.1, 0.15) is 77.9 Å². The number of hydrogen-bond acceptors (Lipinski definition) is 11. The van der Waals surface area contributed by atoms with Crippen LogP contribution in [0.15, 0.2) is 115 Å². The van der Waals surface area contributed by atoms with Crippen molar-refractivity contribution in [3.63, 3.8) is 0 Å². The highest BCUT2D eigenvalue weighted by Crippen LogP contribution is 2.62. The minimum Gasteiger partial charge on any atom is -0.490 e. The van der Waals surface area contributed by atoms with E-state index >= 15 is 4.79 Å². The molecule has 0 aromatic heterocycles. The third-order valence-corrected chi connectivity index (χ3v) is 11.9. The van der Waals surface area contributed by atoms with Gasteiger partial charge in [-0.1, -0.05) is 73.1 Å². The molecule has 3 aromatic carbocycles. The van der Waals surface area contributed by atoms with E-state index < -0.39 is 17.7 Å². The predicted octanol–water partition coefficient (Wildman–Crippen LogP) is 7.11. The maximum Gasteiger partial charge on any atom is 0.254 e. The third kappa shape index (κ3) is 10.6. The number of oxime groups is 1. The summed E-state index contributed by atoms with van der Waals surface area (Å²) < 4.78 is 26.3. The normalized spacial score (nSPS) is 23.1. The van der Waals surface area contributed by atoms with E-state index in [2.05, 4.69) is 25.3 Å². The standard InChI is InChI=1S/C49H59N3O9/c1-3-26-58-39-20-21-44-42(31-39)46-40(15-9-11-24-54)38(14-8-10-23-53)30-41-43(51-60-34-36-12-6-5-7-13-36)32-45(49(61-44,47(41)46)59-27-4-2)52(22-28-57-29-25-55)48(56)37-18-16-35(33-50)17-19-37/h3-7,12-13,16-21,30-31,38,40,45-47,53-55H,1-2,8-11,14-15,22-29,32,34H2/t38-,40+,45-,46+,47+,49+/m0/s1. The van der Waals surface area contributed by atoms with Crippen LogP contribution in [0.25, 0.3) is 0 Å². The van der Waals surface area contributed by atoms with Gasteiger partial charge in [0.25, 0.3) is 5.91 Å². The lowest BCUT2D eigenvalue weighted by molar-refractivity contribution is -0.254. The number of unbranched alkanes of at least 4 members (excludes halogenated alkanes) is 2. The Morgan fingerprint density at radius 2 is 1.69 bits per heavy atom. The molecule has 0 unspecified atom stereocenters. The first-order chi connectivity index (χ1) is 29.9. The van der Waals surface area contributed by atoms with Crippen LogP contribution in [0.4, 0.5) is 0 Å². The second-order valence-corrected chi connectivity index (χ2v) is 15.7. The Morgan fingerprint density at radius 3 is 2.39 bits per heavy atom. The van der Waals surface area contributed by atoms with Gasteiger partial charge in [-0.05, 0) is 91.1 Å². The van der Waals surface area contributed by atoms with E-state index in [-0.39, 0.29) is 82.9 Å². The van der Waals surface area contributed by atoms with Crippen LogP contribution < -0.4 is 9.47 Å². The summed E-state index contributed by atoms with van der Waals surface area (Å²) in [6.07, 6.45) is 10.4. The zero-order valence-corrected chi connectivity index (χ0v) is 34.9. The van der Waals surface area contributed by atoms with Crippen LogP contribution >= 0.6 is 0 Å². The number of carbonyl (C=O) groups is 1. The monoisotopic (exact) mass is 833 g/mol. The van der Waals surface area contributed by atoms with E-state index in [9.17, 15) is 20.6 Å². The minimum atomic E-state index is -1.48. The Bertz CT molecular complexity index is 2010. The van der Waals surface area contributed by atoms with Crippen LogP contribution in [0, 0.1) is 29.1 Å². The molecule has 0 radical (unpaired) electrons. The number of aliphatic hydroxyl groups is 3. The van der Waals surface area contributed by atoms with E-state index in [1.165, 1.54) is 0 Å². The van der Waals surface area contributed by atoms with Gasteiger partial charge >= 0.3 is 0 Å². The lowest BCUT2D eigenvalue weighted by atomic mass is 9.55. The fourth-order valence-corrected chi connectivity index (χ4v) is 9.23. The first-order valence-electron chi connectivity index (χ1n) is 21.4. The molecule has 6 rings (SSSR count). The van der Waals surface area contributed by atoms with Crippen molar-refractivity contribution in [1.29, 1.82) is 5.26 Å². The average molecular weight is 834 g/mol. The third-order valence-electron chi connectivity index (χ3n) is 11.9. The second-order valence-electron chi connectivity index (χ2n) is 15.7. The number of ether oxygens (including phenoxy) is 4. The smallest absolute Gasteiger partial charge is 0.254 e. The topological polar surface area (TPSA) is 163 Å². The zero-order chi connectivity index (χ0) is 43.0. The van der Waals surface area contributed by atoms with Crippen LogP contribution in [0.5, 0.6) is 11.5 Å². The van der Waals surface area contributed by atoms with Gasteiger partial charge in [-0.3, -0.25) is 4.79 Å². The zero-order valence-electron chi connectivity index (χ0n) is 34.9. The van der Waals surface area contributed by atoms with Gasteiger partial charge in [0.2, 0.25) is 5.79 Å². The number of hydrogen-bond donors (Lipinski definition) is 3. The van der Waals surface area contributed by atoms with Crippen LogP contribution in [0.2, 0.25) is 0 Å². The van der Waals surface area contributed by atoms with E-state index in [1.54, 1.807) is 41.3 Å². The van der Waals surface area contributed by atoms with E-state index in [1.807, 2.05) is 48.5 Å². The number of carbonyl (C=O) groups excluding carboxylic acids is 1. The van der Waals surface area contributed by atoms with Crippen molar-refractivity contribution >= 4 is 11.6 Å². The molecule has 1 heterocycles. The molecule has 12 nitrogen and oxygen atoms in total. The van der Waals surface area contributed by atoms with Gasteiger partial charge in [-0.25, -0.2) is 0 Å². The number of rotatable bonds is 24. The quantitative estimate of drug-likeness (QED) is 0.0482. The van der Waals surface area contributed by atoms with E-state index in [0.29, 0.717) is 47.8 Å². The summed E-state index contributed by atoms with van der Waals surface area (Å²) >= 11 is 0. The van der Waals surface area contributed by atoms with Crippen molar-refractivity contribution in [2.45, 2.75) is 69.3 Å². The Balaban J connectivity index is 1.60. The summed E-state index contributed by atoms with van der Waals surface area (Å²) in [5.41, 5.74) is 4.26. The van der Waals surface area contributed by atoms with Gasteiger partial charge in [0.05, 0.1) is 49.7 Å². The number of amides is 1. The second kappa shape index (κ2) is 22.5. The summed E-state index contributed by atoms with van der Waals surface area (Å²) in [5, 5.41) is 43.9. The lowest BCUT2D eigenvalue weighted by Gasteiger charge is -2.60. The fraction of sp³-hybridized carbons (Fsp3) is 0.449. The van der Waals surface area contributed by atoms with Gasteiger partial charge in [-0.15, -0.1) is 6.58 Å². The molecule has 3 N–H and O–H groups in total. The van der Waals surface area contributed by atoms with Gasteiger partial charge in [-0.2, -0.15) is 5.26 Å². The Hall–Kier alpha value is -5.29. The molecule has 3 aliphatic rings. The number of benzene rings is 3. The highest BCUT2D eigenvalue weighted by atomic mass is 16.7. The maximum absolute atomic E-state index is 15.0. The van der Waals surface area contributed by atoms with E-state index in [4.69, 9.17) is 28.9 Å². The van der Waals surface area contributed by atoms with Crippen molar-refractivity contribution < 1.29 is 43.9 Å². The first kappa shape index (κ1) is 45.2. The molecule has 0 saturated heterocycles. The van der Waals surface area contributed by atoms with E-state index in [0.717, 1.165) is 42.4 Å². The average Bonchev–Trinajstić information content (AvgIpc) is 3.29. The maximum atomic E-state index is 15.0. The van der Waals surface area contributed by atoms with Crippen molar-refractivity contribution in [1.82, 2.24) is 4.90 Å². The molecule has 6 atom stereocenters. The minimum absolute atomic E-state index is 0.0313. The number of nitrogens with zero attached hydrogens (tertiary/aromatic N) is 3. The SMILES string of the molecule is C=CCOc1ccc2c(c1)[C@H]1[C@H](CCCCO)[C@@H](CCCCO)C=C3C(=NOCc4ccccc4)C[C@H](N(CCOCCO)C(=O)c4ccc(C#N)cc4)[C@@](OCC=C)(O2)[C@H]31. The van der Waals surface area contributed by atoms with Gasteiger partial charge < -0.3 is 44.0 Å². The molecule has 1 amide bonds. The molecule has 324 valence electrons. The molecule has 1 aliphatic heterocycles. The van der Waals surface area contributed by atoms with Crippen molar-refractivity contribution in [3.8, 4) is 17.6 Å². The molecule has 3 aromatic rings. The molecular formula is C49H59N3O9. The Kier molecular flexibility index (Phi) is 16.7. The van der Waals surface area contributed by atoms with Crippen molar-refractivity contribution in [3.05, 3.63) is 132 Å². The van der Waals surface area contributed by atoms with Gasteiger partial charge in [0.15, 0.2) is 0 Å². The molecule has 0 bridgehead atoms. The summed E-state index contributed by atoms with van der Waals surface area (Å²) in [4.78, 5) is 23.0. The molecule has 12 heteroatoms. The summed E-state index contributed by atoms with van der Waals surface area (Å²) in [5.74, 6) is -1.21. The van der Waals surface area contributed by atoms with Crippen LogP contribution in [-0.2, 0) is 20.9 Å². The fourth-order valence-electron chi connectivity index (χ4n) is 9.23. The number of fused-ring (bicyclic) bond motifs is 2. The number of aliphatic hydroxyl groups excluding tert-OH is 3. The Labute approximate surface area is 359 Å². The molecule has 1 saturated carbocycles. The highest BCUT2D eigenvalue weighted by Gasteiger charge is 2.65. The molecule has 2 aliphatic carbocycles. The van der Waals surface area contributed by atoms with Gasteiger partial charge in [0.1, 0.15) is 30.8 Å². The van der Waals surface area contributed by atoms with Crippen LogP contribution in [0.3, 0.4) is 0 Å². The molecular weight excluding hydrogens is 775 g/mol. The molecule has 0 spiro atoms. The number of allylic oxidation sites excluding steroid dienone is 1. The number of nitriles is 1. The highest BCUT2D eigenvalue weighted by molar-refractivity contribution is 6.03. The predicted molar refractivity (Wildman–Crippen MR) is 232 cm³/mol. The summed E-state index contributed by atoms with van der Waals surface area (Å²) in [6.45, 7) is 8.82. The largest absolute Gasteiger partial charge is 0.490 e. The van der Waals surface area contributed by atoms with Crippen molar-refractivity contribution in [2.24, 2.45) is 22.9 Å². The summed E-state index contributed by atoms with van der Waals surface area (Å²) in [7, 11) is 0. The molecule has 61 heavy (non-hydrogen) atoms. The summed E-state index contributed by atoms with van der Waals surface area (Å²) in [6, 6.07) is 23.5. The first-order valence-corrected chi connectivity index (χ1v) is 21.4. The van der Waals surface area contributed by atoms with Crippen LogP contribution in [-0.4, -0.2) is 96.5 Å². The van der Waals surface area contributed by atoms with Crippen molar-refractivity contribution in [2.75, 3.05) is 52.8 Å². The lowest BCUT2D eigenvalue weighted by Crippen LogP contribution is -2.70. The Morgan fingerprint density at radius 1 is 0.934 bits per heavy atom. The molecule has 1 fully saturated rings.